The van der Waals surface area contributed by atoms with Gasteiger partial charge in [0.15, 0.2) is 5.96 Å². The van der Waals surface area contributed by atoms with E-state index in [1.807, 2.05) is 32.3 Å². The van der Waals surface area contributed by atoms with Crippen LogP contribution in [0.2, 0.25) is 0 Å². The Morgan fingerprint density at radius 3 is 2.70 bits per heavy atom. The summed E-state index contributed by atoms with van der Waals surface area (Å²) in [7, 11) is 5.77. The van der Waals surface area contributed by atoms with Crippen LogP contribution >= 0.6 is 24.0 Å². The predicted molar refractivity (Wildman–Crippen MR) is 121 cm³/mol. The van der Waals surface area contributed by atoms with Crippen LogP contribution in [0.5, 0.6) is 5.75 Å². The second kappa shape index (κ2) is 13.1. The number of ether oxygens (including phenoxy) is 2. The minimum Gasteiger partial charge on any atom is -0.496 e. The summed E-state index contributed by atoms with van der Waals surface area (Å²) in [5.41, 5.74) is 7.16. The summed E-state index contributed by atoms with van der Waals surface area (Å²) >= 11 is 0. The average molecular weight is 491 g/mol. The van der Waals surface area contributed by atoms with Gasteiger partial charge in [-0.1, -0.05) is 18.2 Å². The topological polar surface area (TPSA) is 75.3 Å². The van der Waals surface area contributed by atoms with Crippen LogP contribution in [0.15, 0.2) is 29.3 Å². The van der Waals surface area contributed by atoms with Crippen molar-refractivity contribution >= 4 is 29.9 Å². The van der Waals surface area contributed by atoms with E-state index in [0.29, 0.717) is 12.5 Å². The Labute approximate surface area is 180 Å². The zero-order valence-electron chi connectivity index (χ0n) is 16.7. The number of hydrogen-bond donors (Lipinski definition) is 2. The molecule has 7 nitrogen and oxygen atoms in total. The first-order valence-corrected chi connectivity index (χ1v) is 9.25. The van der Waals surface area contributed by atoms with E-state index in [9.17, 15) is 0 Å². The molecule has 0 aliphatic carbocycles. The van der Waals surface area contributed by atoms with E-state index in [1.54, 1.807) is 7.11 Å². The molecule has 0 aromatic heterocycles. The van der Waals surface area contributed by atoms with E-state index in [0.717, 1.165) is 57.1 Å². The molecule has 3 N–H and O–H groups in total. The lowest BCUT2D eigenvalue weighted by Gasteiger charge is -2.26. The Hall–Kier alpha value is -1.10. The molecule has 154 valence electrons. The van der Waals surface area contributed by atoms with E-state index in [4.69, 9.17) is 15.2 Å². The zero-order chi connectivity index (χ0) is 18.8. The van der Waals surface area contributed by atoms with Crippen molar-refractivity contribution in [1.82, 2.24) is 15.1 Å². The lowest BCUT2D eigenvalue weighted by Crippen LogP contribution is -2.39. The highest BCUT2D eigenvalue weighted by molar-refractivity contribution is 14.0. The van der Waals surface area contributed by atoms with Crippen molar-refractivity contribution in [3.63, 3.8) is 0 Å². The van der Waals surface area contributed by atoms with E-state index in [-0.39, 0.29) is 30.0 Å². The summed E-state index contributed by atoms with van der Waals surface area (Å²) < 4.78 is 10.8. The second-order valence-electron chi connectivity index (χ2n) is 6.68. The number of hydrogen-bond acceptors (Lipinski definition) is 5. The van der Waals surface area contributed by atoms with E-state index < -0.39 is 0 Å². The number of aliphatic imine (C=N–C) groups is 1. The molecule has 1 aromatic rings. The molecule has 1 heterocycles. The van der Waals surface area contributed by atoms with Gasteiger partial charge in [-0.05, 0) is 33.1 Å². The minimum atomic E-state index is 0. The van der Waals surface area contributed by atoms with Crippen LogP contribution < -0.4 is 15.8 Å². The molecule has 2 rings (SSSR count). The van der Waals surface area contributed by atoms with Crippen LogP contribution in [0, 0.1) is 0 Å². The first-order chi connectivity index (χ1) is 12.6. The maximum absolute atomic E-state index is 6.05. The van der Waals surface area contributed by atoms with Gasteiger partial charge in [0.1, 0.15) is 5.75 Å². The molecule has 0 bridgehead atoms. The number of nitrogens with two attached hydrogens (primary N) is 1. The Kier molecular flexibility index (Phi) is 11.7. The number of morpholine rings is 1. The normalized spacial score (nSPS) is 16.7. The van der Waals surface area contributed by atoms with Crippen molar-refractivity contribution in [3.05, 3.63) is 29.8 Å². The van der Waals surface area contributed by atoms with Crippen LogP contribution in [0.1, 0.15) is 18.0 Å². The van der Waals surface area contributed by atoms with E-state index in [1.165, 1.54) is 0 Å². The highest BCUT2D eigenvalue weighted by atomic mass is 127. The van der Waals surface area contributed by atoms with Gasteiger partial charge in [0.25, 0.3) is 0 Å². The summed E-state index contributed by atoms with van der Waals surface area (Å²) in [6, 6.07) is 8.15. The highest BCUT2D eigenvalue weighted by Crippen LogP contribution is 2.27. The van der Waals surface area contributed by atoms with E-state index >= 15 is 0 Å². The first-order valence-electron chi connectivity index (χ1n) is 9.25. The molecule has 1 saturated heterocycles. The van der Waals surface area contributed by atoms with Gasteiger partial charge in [0.2, 0.25) is 0 Å². The molecule has 1 aliphatic rings. The molecular formula is C19H34IN5O2. The van der Waals surface area contributed by atoms with Crippen molar-refractivity contribution in [2.24, 2.45) is 10.7 Å². The number of benzene rings is 1. The number of nitrogens with one attached hydrogen (secondary N) is 1. The quantitative estimate of drug-likeness (QED) is 0.236. The fourth-order valence-electron chi connectivity index (χ4n) is 3.07. The number of rotatable bonds is 9. The fraction of sp³-hybridized carbons (Fsp3) is 0.632. The van der Waals surface area contributed by atoms with Crippen molar-refractivity contribution in [2.45, 2.75) is 12.5 Å². The second-order valence-corrected chi connectivity index (χ2v) is 6.68. The Balaban J connectivity index is 0.00000364. The molecule has 0 spiro atoms. The monoisotopic (exact) mass is 491 g/mol. The van der Waals surface area contributed by atoms with Crippen LogP contribution in [-0.4, -0.2) is 82.9 Å². The number of methoxy groups -OCH3 is 1. The third-order valence-electron chi connectivity index (χ3n) is 4.62. The van der Waals surface area contributed by atoms with Crippen molar-refractivity contribution < 1.29 is 9.47 Å². The molecule has 1 aromatic carbocycles. The van der Waals surface area contributed by atoms with Crippen molar-refractivity contribution in [1.29, 1.82) is 0 Å². The first kappa shape index (κ1) is 23.9. The molecule has 1 atom stereocenters. The minimum absolute atomic E-state index is 0. The standard InChI is InChI=1S/C19H33N5O2.HI/c1-23(2)17(16-7-4-5-8-18(16)25-3)15-22-19(20)21-9-6-10-24-11-13-26-14-12-24;/h4-5,7-8,17H,6,9-15H2,1-3H3,(H3,20,21,22);1H. The SMILES string of the molecule is COc1ccccc1C(CN=C(N)NCCCN1CCOCC1)N(C)C.I. The van der Waals surface area contributed by atoms with Gasteiger partial charge in [-0.15, -0.1) is 24.0 Å². The van der Waals surface area contributed by atoms with Crippen LogP contribution in [0.25, 0.3) is 0 Å². The average Bonchev–Trinajstić information content (AvgIpc) is 2.66. The maximum Gasteiger partial charge on any atom is 0.188 e. The highest BCUT2D eigenvalue weighted by Gasteiger charge is 2.17. The summed E-state index contributed by atoms with van der Waals surface area (Å²) in [5.74, 6) is 1.37. The third kappa shape index (κ3) is 8.20. The summed E-state index contributed by atoms with van der Waals surface area (Å²) in [4.78, 5) is 9.09. The molecule has 0 amide bonds. The van der Waals surface area contributed by atoms with Crippen LogP contribution in [0.3, 0.4) is 0 Å². The van der Waals surface area contributed by atoms with Crippen LogP contribution in [0.4, 0.5) is 0 Å². The zero-order valence-corrected chi connectivity index (χ0v) is 19.0. The van der Waals surface area contributed by atoms with Gasteiger partial charge in [-0.25, -0.2) is 0 Å². The fourth-order valence-corrected chi connectivity index (χ4v) is 3.07. The van der Waals surface area contributed by atoms with Gasteiger partial charge >= 0.3 is 0 Å². The van der Waals surface area contributed by atoms with Crippen molar-refractivity contribution in [3.8, 4) is 5.75 Å². The number of nitrogens with zero attached hydrogens (tertiary/aromatic N) is 3. The van der Waals surface area contributed by atoms with Gasteiger partial charge in [0.05, 0.1) is 32.9 Å². The van der Waals surface area contributed by atoms with E-state index in [2.05, 4.69) is 26.2 Å². The van der Waals surface area contributed by atoms with Gasteiger partial charge in [0, 0.05) is 25.2 Å². The molecule has 27 heavy (non-hydrogen) atoms. The van der Waals surface area contributed by atoms with Crippen LogP contribution in [-0.2, 0) is 4.74 Å². The van der Waals surface area contributed by atoms with Gasteiger partial charge < -0.3 is 25.4 Å². The Morgan fingerprint density at radius 2 is 2.04 bits per heavy atom. The van der Waals surface area contributed by atoms with Gasteiger partial charge in [-0.3, -0.25) is 9.89 Å². The molecular weight excluding hydrogens is 457 g/mol. The third-order valence-corrected chi connectivity index (χ3v) is 4.62. The molecule has 0 radical (unpaired) electrons. The largest absolute Gasteiger partial charge is 0.496 e. The molecule has 0 saturated carbocycles. The molecule has 1 unspecified atom stereocenters. The number of para-hydroxylation sites is 1. The molecule has 1 aliphatic heterocycles. The molecule has 1 fully saturated rings. The van der Waals surface area contributed by atoms with Crippen molar-refractivity contribution in [2.75, 3.05) is 67.1 Å². The lowest BCUT2D eigenvalue weighted by molar-refractivity contribution is 0.0376. The predicted octanol–water partition coefficient (Wildman–Crippen LogP) is 1.54. The molecule has 8 heteroatoms. The number of halogens is 1. The maximum atomic E-state index is 6.05. The number of guanidine groups is 1. The Morgan fingerprint density at radius 1 is 1.33 bits per heavy atom. The number of likely N-dealkylation sites (N-methyl/N-ethyl adjacent to an activating group) is 1. The smallest absolute Gasteiger partial charge is 0.188 e. The van der Waals surface area contributed by atoms with Gasteiger partial charge in [-0.2, -0.15) is 0 Å². The lowest BCUT2D eigenvalue weighted by atomic mass is 10.0. The summed E-state index contributed by atoms with van der Waals surface area (Å²) in [5, 5.41) is 3.22. The Bertz CT molecular complexity index is 565. The summed E-state index contributed by atoms with van der Waals surface area (Å²) in [6.45, 7) is 6.19. The summed E-state index contributed by atoms with van der Waals surface area (Å²) in [6.07, 6.45) is 1.04.